The number of anilines is 5. The molecule has 32 heavy (non-hydrogen) atoms. The first-order valence-corrected chi connectivity index (χ1v) is 10.4. The van der Waals surface area contributed by atoms with Crippen molar-refractivity contribution in [1.29, 1.82) is 0 Å². The minimum Gasteiger partial charge on any atom is -0.495 e. The molecule has 3 aromatic rings. The molecule has 4 rings (SSSR count). The highest BCUT2D eigenvalue weighted by Gasteiger charge is 2.34. The molecule has 1 aliphatic heterocycles. The van der Waals surface area contributed by atoms with Crippen molar-refractivity contribution in [3.63, 3.8) is 0 Å². The second kappa shape index (κ2) is 8.64. The molecule has 0 bridgehead atoms. The second-order valence-electron chi connectivity index (χ2n) is 7.10. The van der Waals surface area contributed by atoms with Crippen LogP contribution in [0.25, 0.3) is 0 Å². The zero-order valence-electron chi connectivity index (χ0n) is 17.6. The van der Waals surface area contributed by atoms with E-state index in [0.29, 0.717) is 34.4 Å². The number of amides is 2. The van der Waals surface area contributed by atoms with Gasteiger partial charge in [-0.05, 0) is 12.1 Å². The van der Waals surface area contributed by atoms with Crippen molar-refractivity contribution in [2.45, 2.75) is 6.54 Å². The van der Waals surface area contributed by atoms with E-state index in [4.69, 9.17) is 38.4 Å². The maximum Gasteiger partial charge on any atom is 0.329 e. The van der Waals surface area contributed by atoms with Gasteiger partial charge in [-0.3, -0.25) is 9.80 Å². The summed E-state index contributed by atoms with van der Waals surface area (Å²) in [7, 11) is 4.64. The van der Waals surface area contributed by atoms with Gasteiger partial charge in [0.1, 0.15) is 27.4 Å². The molecule has 10 heteroatoms. The van der Waals surface area contributed by atoms with E-state index in [1.165, 1.54) is 24.0 Å². The van der Waals surface area contributed by atoms with Crippen LogP contribution in [0.5, 0.6) is 11.5 Å². The number of aromatic nitrogens is 1. The quantitative estimate of drug-likeness (QED) is 0.487. The Hall–Kier alpha value is -3.36. The average Bonchev–Trinajstić information content (AvgIpc) is 2.79. The molecular weight excluding hydrogens is 453 g/mol. The van der Waals surface area contributed by atoms with E-state index >= 15 is 0 Å². The lowest BCUT2D eigenvalue weighted by atomic mass is 10.1. The van der Waals surface area contributed by atoms with E-state index in [0.717, 1.165) is 11.3 Å². The van der Waals surface area contributed by atoms with E-state index in [2.05, 4.69) is 10.3 Å². The van der Waals surface area contributed by atoms with Crippen LogP contribution in [-0.4, -0.2) is 32.3 Å². The fourth-order valence-electron chi connectivity index (χ4n) is 3.53. The lowest BCUT2D eigenvalue weighted by Crippen LogP contribution is -2.45. The highest BCUT2D eigenvalue weighted by Crippen LogP contribution is 2.48. The van der Waals surface area contributed by atoms with Crippen LogP contribution in [0.4, 0.5) is 33.4 Å². The predicted octanol–water partition coefficient (Wildman–Crippen LogP) is 5.31. The molecular formula is C22H21Cl2N5O3. The number of nitrogen functional groups attached to an aromatic ring is 1. The monoisotopic (exact) mass is 473 g/mol. The number of para-hydroxylation sites is 2. The van der Waals surface area contributed by atoms with Crippen LogP contribution < -0.4 is 30.3 Å². The third kappa shape index (κ3) is 3.72. The minimum absolute atomic E-state index is 0.217. The van der Waals surface area contributed by atoms with Gasteiger partial charge in [-0.25, -0.2) is 9.78 Å². The summed E-state index contributed by atoms with van der Waals surface area (Å²) in [5.41, 5.74) is 9.17. The lowest BCUT2D eigenvalue weighted by molar-refractivity contribution is 0.251. The molecule has 0 atom stereocenters. The van der Waals surface area contributed by atoms with E-state index in [1.54, 1.807) is 31.4 Å². The number of hydrogen-bond donors (Lipinski definition) is 2. The van der Waals surface area contributed by atoms with Crippen molar-refractivity contribution >= 4 is 57.8 Å². The summed E-state index contributed by atoms with van der Waals surface area (Å²) in [5.74, 6) is 1.26. The molecule has 0 saturated heterocycles. The number of benzene rings is 2. The first-order chi connectivity index (χ1) is 15.3. The molecule has 3 N–H and O–H groups in total. The first-order valence-electron chi connectivity index (χ1n) is 9.61. The zero-order valence-corrected chi connectivity index (χ0v) is 19.2. The Morgan fingerprint density at radius 2 is 1.75 bits per heavy atom. The normalized spacial score (nSPS) is 13.1. The van der Waals surface area contributed by atoms with Gasteiger partial charge in [0.15, 0.2) is 0 Å². The fraction of sp³-hybridized carbons (Fsp3) is 0.182. The molecule has 8 nitrogen and oxygen atoms in total. The molecule has 2 heterocycles. The summed E-state index contributed by atoms with van der Waals surface area (Å²) in [4.78, 5) is 20.8. The number of methoxy groups -OCH3 is 2. The minimum atomic E-state index is -0.312. The van der Waals surface area contributed by atoms with Gasteiger partial charge in [0.2, 0.25) is 0 Å². The van der Waals surface area contributed by atoms with E-state index in [1.807, 2.05) is 18.2 Å². The Balaban J connectivity index is 1.73. The van der Waals surface area contributed by atoms with Crippen LogP contribution in [0.3, 0.4) is 0 Å². The fourth-order valence-corrected chi connectivity index (χ4v) is 4.24. The highest BCUT2D eigenvalue weighted by atomic mass is 35.5. The topological polar surface area (TPSA) is 92.9 Å². The number of carbonyl (C=O) groups is 1. The largest absolute Gasteiger partial charge is 0.495 e. The van der Waals surface area contributed by atoms with Gasteiger partial charge in [0.25, 0.3) is 0 Å². The van der Waals surface area contributed by atoms with Crippen molar-refractivity contribution in [3.05, 3.63) is 58.2 Å². The van der Waals surface area contributed by atoms with Crippen molar-refractivity contribution in [1.82, 2.24) is 4.98 Å². The van der Waals surface area contributed by atoms with Crippen LogP contribution in [0.1, 0.15) is 5.56 Å². The SMILES string of the molecule is COc1cc(OC)c(Cl)c(N2Cc3cnc(Nc4ccccc4N)cc3N(C)C2=O)c1Cl. The number of fused-ring (bicyclic) bond motifs is 1. The summed E-state index contributed by atoms with van der Waals surface area (Å²) in [6.45, 7) is 0.217. The molecule has 0 saturated carbocycles. The van der Waals surface area contributed by atoms with E-state index < -0.39 is 0 Å². The molecule has 2 amide bonds. The zero-order chi connectivity index (χ0) is 23.0. The van der Waals surface area contributed by atoms with E-state index in [9.17, 15) is 4.79 Å². The number of urea groups is 1. The average molecular weight is 474 g/mol. The van der Waals surface area contributed by atoms with Crippen molar-refractivity contribution in [2.24, 2.45) is 0 Å². The Labute approximate surface area is 195 Å². The van der Waals surface area contributed by atoms with Crippen LogP contribution in [0, 0.1) is 0 Å². The van der Waals surface area contributed by atoms with Crippen LogP contribution >= 0.6 is 23.2 Å². The number of nitrogens with one attached hydrogen (secondary N) is 1. The van der Waals surface area contributed by atoms with Gasteiger partial charge in [-0.1, -0.05) is 35.3 Å². The summed E-state index contributed by atoms with van der Waals surface area (Å²) < 4.78 is 10.7. The van der Waals surface area contributed by atoms with Crippen molar-refractivity contribution in [3.8, 4) is 11.5 Å². The van der Waals surface area contributed by atoms with Gasteiger partial charge < -0.3 is 20.5 Å². The van der Waals surface area contributed by atoms with Crippen molar-refractivity contribution < 1.29 is 14.3 Å². The number of ether oxygens (including phenoxy) is 2. The number of hydrogen-bond acceptors (Lipinski definition) is 6. The predicted molar refractivity (Wildman–Crippen MR) is 128 cm³/mol. The Bertz CT molecular complexity index is 1180. The Morgan fingerprint density at radius 3 is 2.38 bits per heavy atom. The molecule has 0 unspecified atom stereocenters. The maximum absolute atomic E-state index is 13.3. The molecule has 166 valence electrons. The Morgan fingerprint density at radius 1 is 1.09 bits per heavy atom. The summed E-state index contributed by atoms with van der Waals surface area (Å²) in [5, 5.41) is 3.62. The number of pyridine rings is 1. The third-order valence-electron chi connectivity index (χ3n) is 5.21. The number of rotatable bonds is 5. The Kier molecular flexibility index (Phi) is 5.90. The number of carbonyl (C=O) groups excluding carboxylic acids is 1. The number of halogens is 2. The molecule has 0 fully saturated rings. The van der Waals surface area contributed by atoms with Gasteiger partial charge in [0.05, 0.1) is 43.5 Å². The van der Waals surface area contributed by atoms with Crippen LogP contribution in [0.2, 0.25) is 10.0 Å². The molecule has 0 radical (unpaired) electrons. The molecule has 1 aromatic heterocycles. The summed E-state index contributed by atoms with van der Waals surface area (Å²) >= 11 is 13.1. The first kappa shape index (κ1) is 21.9. The lowest BCUT2D eigenvalue weighted by Gasteiger charge is -2.36. The highest BCUT2D eigenvalue weighted by molar-refractivity contribution is 6.42. The summed E-state index contributed by atoms with van der Waals surface area (Å²) in [6.07, 6.45) is 1.70. The van der Waals surface area contributed by atoms with Gasteiger partial charge in [-0.15, -0.1) is 0 Å². The molecule has 1 aliphatic rings. The van der Waals surface area contributed by atoms with Gasteiger partial charge >= 0.3 is 6.03 Å². The van der Waals surface area contributed by atoms with Crippen LogP contribution in [0.15, 0.2) is 42.6 Å². The van der Waals surface area contributed by atoms with Gasteiger partial charge in [0, 0.05) is 30.9 Å². The molecule has 0 aliphatic carbocycles. The standard InChI is InChI=1S/C22H21Cl2N5O3/c1-28-15-8-18(27-14-7-5-4-6-13(14)25)26-10-12(15)11-29(22(28)30)21-19(23)16(31-2)9-17(32-3)20(21)24/h4-10H,11,25H2,1-3H3,(H,26,27). The molecule has 2 aromatic carbocycles. The smallest absolute Gasteiger partial charge is 0.329 e. The third-order valence-corrected chi connectivity index (χ3v) is 5.94. The molecule has 0 spiro atoms. The van der Waals surface area contributed by atoms with Gasteiger partial charge in [-0.2, -0.15) is 0 Å². The summed E-state index contributed by atoms with van der Waals surface area (Å²) in [6, 6.07) is 10.4. The maximum atomic E-state index is 13.3. The number of nitrogens with two attached hydrogens (primary N) is 1. The van der Waals surface area contributed by atoms with E-state index in [-0.39, 0.29) is 22.6 Å². The number of nitrogens with zero attached hydrogens (tertiary/aromatic N) is 3. The van der Waals surface area contributed by atoms with Crippen molar-refractivity contribution in [2.75, 3.05) is 42.1 Å². The van der Waals surface area contributed by atoms with Crippen LogP contribution in [-0.2, 0) is 6.54 Å². The second-order valence-corrected chi connectivity index (χ2v) is 7.85.